The third-order valence-corrected chi connectivity index (χ3v) is 4.75. The van der Waals surface area contributed by atoms with Gasteiger partial charge in [-0.25, -0.2) is 0 Å². The first-order chi connectivity index (χ1) is 11.6. The molecule has 25 heavy (non-hydrogen) atoms. The van der Waals surface area contributed by atoms with E-state index in [2.05, 4.69) is 38.8 Å². The van der Waals surface area contributed by atoms with Crippen LogP contribution in [0.4, 0.5) is 0 Å². The number of para-hydroxylation sites is 1. The van der Waals surface area contributed by atoms with Gasteiger partial charge in [0, 0.05) is 31.0 Å². The summed E-state index contributed by atoms with van der Waals surface area (Å²) in [5.41, 5.74) is 3.22. The summed E-state index contributed by atoms with van der Waals surface area (Å²) in [6.45, 7) is 1.23. The minimum Gasteiger partial charge on any atom is -0.357 e. The standard InChI is InChI=1S/C17H19Cl2N5.HI/c1-20-17(22-10-13-8-14(18)16(19)24(13)2)21-9-12-7-11-5-3-4-6-15(11)23-12;/h3-8,23H,9-10H2,1-2H3,(H2,20,21,22);1H. The Morgan fingerprint density at radius 3 is 2.52 bits per heavy atom. The van der Waals surface area contributed by atoms with Crippen molar-refractivity contribution in [1.82, 2.24) is 20.2 Å². The molecule has 3 rings (SSSR count). The molecule has 0 amide bonds. The van der Waals surface area contributed by atoms with Crippen molar-refractivity contribution >= 4 is 64.0 Å². The van der Waals surface area contributed by atoms with Gasteiger partial charge in [-0.05, 0) is 23.6 Å². The van der Waals surface area contributed by atoms with E-state index in [4.69, 9.17) is 23.2 Å². The summed E-state index contributed by atoms with van der Waals surface area (Å²) in [4.78, 5) is 7.62. The molecule has 0 saturated carbocycles. The summed E-state index contributed by atoms with van der Waals surface area (Å²) in [6, 6.07) is 12.2. The molecular weight excluding hydrogens is 472 g/mol. The molecule has 3 N–H and O–H groups in total. The van der Waals surface area contributed by atoms with E-state index in [0.29, 0.717) is 29.2 Å². The number of halogens is 3. The summed E-state index contributed by atoms with van der Waals surface area (Å²) in [5.74, 6) is 0.710. The fourth-order valence-electron chi connectivity index (χ4n) is 2.56. The summed E-state index contributed by atoms with van der Waals surface area (Å²) in [6.07, 6.45) is 0. The predicted octanol–water partition coefficient (Wildman–Crippen LogP) is 4.30. The van der Waals surface area contributed by atoms with Gasteiger partial charge in [-0.3, -0.25) is 4.99 Å². The first-order valence-corrected chi connectivity index (χ1v) is 8.35. The summed E-state index contributed by atoms with van der Waals surface area (Å²) in [7, 11) is 3.62. The minimum atomic E-state index is 0. The van der Waals surface area contributed by atoms with Crippen LogP contribution in [0.25, 0.3) is 10.9 Å². The topological polar surface area (TPSA) is 57.1 Å². The Kier molecular flexibility index (Phi) is 7.04. The zero-order valence-corrected chi connectivity index (χ0v) is 17.8. The van der Waals surface area contributed by atoms with Gasteiger partial charge in [0.2, 0.25) is 0 Å². The number of nitrogens with one attached hydrogen (secondary N) is 3. The van der Waals surface area contributed by atoms with Crippen LogP contribution in [0, 0.1) is 0 Å². The van der Waals surface area contributed by atoms with Crippen LogP contribution in [-0.4, -0.2) is 22.6 Å². The van der Waals surface area contributed by atoms with E-state index in [1.54, 1.807) is 7.05 Å². The second-order valence-electron chi connectivity index (χ2n) is 5.49. The highest BCUT2D eigenvalue weighted by Crippen LogP contribution is 2.24. The molecule has 0 unspecified atom stereocenters. The van der Waals surface area contributed by atoms with Crippen molar-refractivity contribution in [3.05, 3.63) is 58.0 Å². The van der Waals surface area contributed by atoms with Crippen LogP contribution < -0.4 is 10.6 Å². The lowest BCUT2D eigenvalue weighted by Crippen LogP contribution is -2.36. The lowest BCUT2D eigenvalue weighted by Gasteiger charge is -2.12. The van der Waals surface area contributed by atoms with E-state index in [0.717, 1.165) is 16.9 Å². The summed E-state index contributed by atoms with van der Waals surface area (Å²) < 4.78 is 1.85. The second-order valence-corrected chi connectivity index (χ2v) is 6.26. The van der Waals surface area contributed by atoms with Gasteiger partial charge in [0.15, 0.2) is 5.96 Å². The molecule has 0 bridgehead atoms. The van der Waals surface area contributed by atoms with Gasteiger partial charge in [0.25, 0.3) is 0 Å². The molecule has 0 aliphatic rings. The smallest absolute Gasteiger partial charge is 0.191 e. The molecule has 0 atom stereocenters. The van der Waals surface area contributed by atoms with Gasteiger partial charge in [-0.2, -0.15) is 0 Å². The van der Waals surface area contributed by atoms with Crippen LogP contribution in [0.5, 0.6) is 0 Å². The largest absolute Gasteiger partial charge is 0.357 e. The van der Waals surface area contributed by atoms with Crippen molar-refractivity contribution in [2.24, 2.45) is 12.0 Å². The number of fused-ring (bicyclic) bond motifs is 1. The molecule has 0 saturated heterocycles. The van der Waals surface area contributed by atoms with Gasteiger partial charge in [0.05, 0.1) is 18.1 Å². The maximum atomic E-state index is 6.08. The third-order valence-electron chi connectivity index (χ3n) is 3.91. The lowest BCUT2D eigenvalue weighted by atomic mass is 10.2. The average Bonchev–Trinajstić information content (AvgIpc) is 3.11. The zero-order valence-electron chi connectivity index (χ0n) is 13.9. The van der Waals surface area contributed by atoms with Crippen LogP contribution in [0.2, 0.25) is 10.2 Å². The Balaban J connectivity index is 0.00000225. The average molecular weight is 492 g/mol. The monoisotopic (exact) mass is 491 g/mol. The van der Waals surface area contributed by atoms with Gasteiger partial charge in [-0.15, -0.1) is 24.0 Å². The predicted molar refractivity (Wildman–Crippen MR) is 116 cm³/mol. The van der Waals surface area contributed by atoms with Crippen LogP contribution in [0.1, 0.15) is 11.4 Å². The normalized spacial score (nSPS) is 11.4. The second kappa shape index (κ2) is 8.82. The number of hydrogen-bond donors (Lipinski definition) is 3. The maximum absolute atomic E-state index is 6.08. The van der Waals surface area contributed by atoms with Gasteiger partial charge < -0.3 is 20.2 Å². The number of rotatable bonds is 4. The quantitative estimate of drug-likeness (QED) is 0.289. The minimum absolute atomic E-state index is 0. The van der Waals surface area contributed by atoms with Crippen LogP contribution in [0.3, 0.4) is 0 Å². The summed E-state index contributed by atoms with van der Waals surface area (Å²) in [5, 5.41) is 8.84. The van der Waals surface area contributed by atoms with Crippen molar-refractivity contribution < 1.29 is 0 Å². The molecule has 0 aliphatic carbocycles. The summed E-state index contributed by atoms with van der Waals surface area (Å²) >= 11 is 12.1. The van der Waals surface area contributed by atoms with Crippen LogP contribution in [-0.2, 0) is 20.1 Å². The van der Waals surface area contributed by atoms with E-state index in [9.17, 15) is 0 Å². The fraction of sp³-hybridized carbons (Fsp3) is 0.235. The lowest BCUT2D eigenvalue weighted by molar-refractivity contribution is 0.747. The number of hydrogen-bond acceptors (Lipinski definition) is 1. The molecule has 0 radical (unpaired) electrons. The van der Waals surface area contributed by atoms with E-state index >= 15 is 0 Å². The van der Waals surface area contributed by atoms with E-state index in [1.165, 1.54) is 5.39 Å². The Labute approximate surface area is 173 Å². The van der Waals surface area contributed by atoms with Crippen LogP contribution >= 0.6 is 47.2 Å². The Morgan fingerprint density at radius 2 is 1.88 bits per heavy atom. The molecule has 0 spiro atoms. The Hall–Kier alpha value is -1.38. The zero-order chi connectivity index (χ0) is 17.1. The third kappa shape index (κ3) is 4.62. The first kappa shape index (κ1) is 19.9. The highest BCUT2D eigenvalue weighted by atomic mass is 127. The first-order valence-electron chi connectivity index (χ1n) is 7.59. The molecule has 0 fully saturated rings. The van der Waals surface area contributed by atoms with E-state index in [1.807, 2.05) is 29.8 Å². The van der Waals surface area contributed by atoms with Gasteiger partial charge >= 0.3 is 0 Å². The van der Waals surface area contributed by atoms with Crippen molar-refractivity contribution in [3.8, 4) is 0 Å². The van der Waals surface area contributed by atoms with Crippen molar-refractivity contribution in [3.63, 3.8) is 0 Å². The number of benzene rings is 1. The Morgan fingerprint density at radius 1 is 1.16 bits per heavy atom. The van der Waals surface area contributed by atoms with Crippen molar-refractivity contribution in [1.29, 1.82) is 0 Å². The van der Waals surface area contributed by atoms with Crippen molar-refractivity contribution in [2.45, 2.75) is 13.1 Å². The maximum Gasteiger partial charge on any atom is 0.191 e. The number of aromatic nitrogens is 2. The number of aromatic amines is 1. The fourth-order valence-corrected chi connectivity index (χ4v) is 2.98. The molecule has 8 heteroatoms. The van der Waals surface area contributed by atoms with E-state index in [-0.39, 0.29) is 24.0 Å². The Bertz CT molecular complexity index is 851. The molecule has 2 aromatic heterocycles. The highest BCUT2D eigenvalue weighted by molar-refractivity contribution is 14.0. The molecule has 5 nitrogen and oxygen atoms in total. The van der Waals surface area contributed by atoms with Gasteiger partial charge in [-0.1, -0.05) is 41.4 Å². The van der Waals surface area contributed by atoms with Gasteiger partial charge in [0.1, 0.15) is 5.15 Å². The molecule has 134 valence electrons. The molecule has 3 aromatic rings. The van der Waals surface area contributed by atoms with Crippen molar-refractivity contribution in [2.75, 3.05) is 7.05 Å². The molecular formula is C17H20Cl2IN5. The molecule has 0 aliphatic heterocycles. The number of guanidine groups is 1. The number of aliphatic imine (C=N–C) groups is 1. The SMILES string of the molecule is CN=C(NCc1cc2ccccc2[nH]1)NCc1cc(Cl)c(Cl)n1C.I. The molecule has 1 aromatic carbocycles. The number of H-pyrrole nitrogens is 1. The highest BCUT2D eigenvalue weighted by Gasteiger charge is 2.09. The van der Waals surface area contributed by atoms with E-state index < -0.39 is 0 Å². The molecule has 2 heterocycles. The number of nitrogens with zero attached hydrogens (tertiary/aromatic N) is 2. The van der Waals surface area contributed by atoms with Crippen LogP contribution in [0.15, 0.2) is 41.4 Å².